The van der Waals surface area contributed by atoms with Crippen molar-refractivity contribution in [3.05, 3.63) is 35.9 Å². The van der Waals surface area contributed by atoms with Crippen molar-refractivity contribution in [1.82, 2.24) is 9.80 Å². The third-order valence-electron chi connectivity index (χ3n) is 4.68. The molecule has 0 aliphatic carbocycles. The molecule has 0 aromatic heterocycles. The maximum Gasteiger partial charge on any atom is 0.236 e. The first-order valence-electron chi connectivity index (χ1n) is 8.43. The zero-order valence-corrected chi connectivity index (χ0v) is 13.2. The van der Waals surface area contributed by atoms with Crippen LogP contribution in [0, 0.1) is 5.92 Å². The largest absolute Gasteiger partial charge is 0.381 e. The van der Waals surface area contributed by atoms with E-state index in [0.29, 0.717) is 12.5 Å². The van der Waals surface area contributed by atoms with Gasteiger partial charge in [0.05, 0.1) is 13.2 Å². The van der Waals surface area contributed by atoms with Gasteiger partial charge in [-0.15, -0.1) is 0 Å². The number of nitrogens with zero attached hydrogens (tertiary/aromatic N) is 2. The van der Waals surface area contributed by atoms with E-state index in [4.69, 9.17) is 4.74 Å². The number of ether oxygens (including phenoxy) is 1. The van der Waals surface area contributed by atoms with Crippen LogP contribution in [0.3, 0.4) is 0 Å². The Labute approximate surface area is 133 Å². The van der Waals surface area contributed by atoms with Crippen LogP contribution in [0.15, 0.2) is 30.3 Å². The first-order chi connectivity index (χ1) is 10.8. The molecule has 1 amide bonds. The van der Waals surface area contributed by atoms with Gasteiger partial charge in [-0.3, -0.25) is 9.69 Å². The second kappa shape index (κ2) is 7.75. The van der Waals surface area contributed by atoms with Gasteiger partial charge in [0, 0.05) is 32.8 Å². The summed E-state index contributed by atoms with van der Waals surface area (Å²) in [6.45, 7) is 6.05. The molecule has 0 saturated carbocycles. The molecule has 1 atom stereocenters. The van der Waals surface area contributed by atoms with Crippen molar-refractivity contribution in [3.8, 4) is 0 Å². The van der Waals surface area contributed by atoms with E-state index in [1.54, 1.807) is 0 Å². The van der Waals surface area contributed by atoms with Crippen molar-refractivity contribution >= 4 is 5.91 Å². The van der Waals surface area contributed by atoms with Crippen LogP contribution in [0.4, 0.5) is 0 Å². The SMILES string of the molecule is O=C1CN(C[C@@H]2CCCOC2)CCN1CCc1ccccc1. The quantitative estimate of drug-likeness (QED) is 0.831. The fourth-order valence-corrected chi connectivity index (χ4v) is 3.37. The van der Waals surface area contributed by atoms with Crippen molar-refractivity contribution in [2.45, 2.75) is 19.3 Å². The number of carbonyl (C=O) groups is 1. The summed E-state index contributed by atoms with van der Waals surface area (Å²) < 4.78 is 5.54. The molecule has 0 unspecified atom stereocenters. The summed E-state index contributed by atoms with van der Waals surface area (Å²) in [5, 5.41) is 0. The Balaban J connectivity index is 1.42. The Morgan fingerprint density at radius 1 is 1.18 bits per heavy atom. The van der Waals surface area contributed by atoms with Crippen LogP contribution in [0.25, 0.3) is 0 Å². The predicted octanol–water partition coefficient (Wildman–Crippen LogP) is 1.80. The highest BCUT2D eigenvalue weighted by Crippen LogP contribution is 2.16. The number of amides is 1. The van der Waals surface area contributed by atoms with Crippen LogP contribution in [0.5, 0.6) is 0 Å². The monoisotopic (exact) mass is 302 g/mol. The van der Waals surface area contributed by atoms with E-state index in [1.807, 2.05) is 11.0 Å². The third kappa shape index (κ3) is 4.31. The maximum absolute atomic E-state index is 12.3. The van der Waals surface area contributed by atoms with Gasteiger partial charge >= 0.3 is 0 Å². The van der Waals surface area contributed by atoms with Gasteiger partial charge in [0.1, 0.15) is 0 Å². The molecule has 4 nitrogen and oxygen atoms in total. The minimum absolute atomic E-state index is 0.277. The van der Waals surface area contributed by atoms with E-state index in [1.165, 1.54) is 12.0 Å². The smallest absolute Gasteiger partial charge is 0.236 e. The fraction of sp³-hybridized carbons (Fsp3) is 0.611. The first kappa shape index (κ1) is 15.5. The average molecular weight is 302 g/mol. The van der Waals surface area contributed by atoms with Gasteiger partial charge < -0.3 is 9.64 Å². The lowest BCUT2D eigenvalue weighted by Crippen LogP contribution is -2.52. The fourth-order valence-electron chi connectivity index (χ4n) is 3.37. The second-order valence-electron chi connectivity index (χ2n) is 6.43. The van der Waals surface area contributed by atoms with Gasteiger partial charge in [0.2, 0.25) is 5.91 Å². The molecule has 0 spiro atoms. The Morgan fingerprint density at radius 3 is 2.77 bits per heavy atom. The van der Waals surface area contributed by atoms with Crippen molar-refractivity contribution < 1.29 is 9.53 Å². The maximum atomic E-state index is 12.3. The Hall–Kier alpha value is -1.39. The number of rotatable bonds is 5. The topological polar surface area (TPSA) is 32.8 Å². The van der Waals surface area contributed by atoms with Gasteiger partial charge in [0.25, 0.3) is 0 Å². The molecule has 0 radical (unpaired) electrons. The summed E-state index contributed by atoms with van der Waals surface area (Å²) in [4.78, 5) is 16.6. The van der Waals surface area contributed by atoms with E-state index >= 15 is 0 Å². The molecule has 4 heteroatoms. The molecule has 2 aliphatic heterocycles. The Bertz CT molecular complexity index is 471. The highest BCUT2D eigenvalue weighted by Gasteiger charge is 2.26. The number of carbonyl (C=O) groups excluding carboxylic acids is 1. The molecule has 0 N–H and O–H groups in total. The molecule has 1 aromatic carbocycles. The molecular formula is C18H26N2O2. The van der Waals surface area contributed by atoms with Gasteiger partial charge in [-0.2, -0.15) is 0 Å². The zero-order chi connectivity index (χ0) is 15.2. The minimum atomic E-state index is 0.277. The lowest BCUT2D eigenvalue weighted by Gasteiger charge is -2.36. The Kier molecular flexibility index (Phi) is 5.46. The zero-order valence-electron chi connectivity index (χ0n) is 13.2. The molecule has 3 rings (SSSR count). The number of benzene rings is 1. The molecule has 120 valence electrons. The van der Waals surface area contributed by atoms with Gasteiger partial charge in [0.15, 0.2) is 0 Å². The normalized spacial score (nSPS) is 23.7. The van der Waals surface area contributed by atoms with Gasteiger partial charge in [-0.25, -0.2) is 0 Å². The third-order valence-corrected chi connectivity index (χ3v) is 4.68. The van der Waals surface area contributed by atoms with E-state index in [2.05, 4.69) is 29.2 Å². The molecule has 22 heavy (non-hydrogen) atoms. The summed E-state index contributed by atoms with van der Waals surface area (Å²) in [5.41, 5.74) is 1.30. The summed E-state index contributed by atoms with van der Waals surface area (Å²) in [5.74, 6) is 0.885. The van der Waals surface area contributed by atoms with Crippen LogP contribution in [-0.2, 0) is 16.0 Å². The summed E-state index contributed by atoms with van der Waals surface area (Å²) in [6.07, 6.45) is 3.35. The minimum Gasteiger partial charge on any atom is -0.381 e. The number of piperazine rings is 1. The average Bonchev–Trinajstić information content (AvgIpc) is 2.56. The summed E-state index contributed by atoms with van der Waals surface area (Å²) in [6, 6.07) is 10.4. The summed E-state index contributed by atoms with van der Waals surface area (Å²) in [7, 11) is 0. The lowest BCUT2D eigenvalue weighted by atomic mass is 10.0. The molecule has 2 aliphatic rings. The van der Waals surface area contributed by atoms with Crippen LogP contribution < -0.4 is 0 Å². The number of hydrogen-bond acceptors (Lipinski definition) is 3. The van der Waals surface area contributed by atoms with E-state index in [9.17, 15) is 4.79 Å². The van der Waals surface area contributed by atoms with E-state index in [-0.39, 0.29) is 5.91 Å². The van der Waals surface area contributed by atoms with Crippen LogP contribution >= 0.6 is 0 Å². The molecule has 2 fully saturated rings. The molecule has 1 aromatic rings. The van der Waals surface area contributed by atoms with E-state index < -0.39 is 0 Å². The van der Waals surface area contributed by atoms with Crippen molar-refractivity contribution in [1.29, 1.82) is 0 Å². The van der Waals surface area contributed by atoms with Crippen molar-refractivity contribution in [2.75, 3.05) is 45.9 Å². The lowest BCUT2D eigenvalue weighted by molar-refractivity contribution is -0.136. The van der Waals surface area contributed by atoms with Crippen LogP contribution in [-0.4, -0.2) is 61.6 Å². The molecule has 0 bridgehead atoms. The predicted molar refractivity (Wildman–Crippen MR) is 86.7 cm³/mol. The first-order valence-corrected chi connectivity index (χ1v) is 8.43. The standard InChI is InChI=1S/C18H26N2O2/c21-18-14-19(13-17-7-4-12-22-15-17)10-11-20(18)9-8-16-5-2-1-3-6-16/h1-3,5-6,17H,4,7-15H2/t17-/m0/s1. The molecule has 2 heterocycles. The van der Waals surface area contributed by atoms with Crippen molar-refractivity contribution in [2.24, 2.45) is 5.92 Å². The van der Waals surface area contributed by atoms with Gasteiger partial charge in [-0.1, -0.05) is 30.3 Å². The second-order valence-corrected chi connectivity index (χ2v) is 6.43. The molecule has 2 saturated heterocycles. The van der Waals surface area contributed by atoms with Gasteiger partial charge in [-0.05, 0) is 30.7 Å². The van der Waals surface area contributed by atoms with E-state index in [0.717, 1.165) is 52.2 Å². The summed E-state index contributed by atoms with van der Waals surface area (Å²) >= 11 is 0. The number of hydrogen-bond donors (Lipinski definition) is 0. The Morgan fingerprint density at radius 2 is 2.05 bits per heavy atom. The highest BCUT2D eigenvalue weighted by atomic mass is 16.5. The van der Waals surface area contributed by atoms with Crippen LogP contribution in [0.1, 0.15) is 18.4 Å². The molecular weight excluding hydrogens is 276 g/mol. The van der Waals surface area contributed by atoms with Crippen LogP contribution in [0.2, 0.25) is 0 Å². The van der Waals surface area contributed by atoms with Crippen molar-refractivity contribution in [3.63, 3.8) is 0 Å². The highest BCUT2D eigenvalue weighted by molar-refractivity contribution is 5.79.